The molecule has 0 saturated heterocycles. The molecule has 1 aromatic heterocycles. The Morgan fingerprint density at radius 2 is 1.83 bits per heavy atom. The van der Waals surface area contributed by atoms with E-state index in [9.17, 15) is 13.2 Å². The van der Waals surface area contributed by atoms with Gasteiger partial charge in [0.05, 0.1) is 22.6 Å². The summed E-state index contributed by atoms with van der Waals surface area (Å²) in [5.74, 6) is -1.44. The van der Waals surface area contributed by atoms with E-state index in [1.54, 1.807) is 24.3 Å². The van der Waals surface area contributed by atoms with Gasteiger partial charge in [-0.05, 0) is 49.6 Å². The van der Waals surface area contributed by atoms with Crippen molar-refractivity contribution in [1.29, 1.82) is 0 Å². The standard InChI is InChI=1S/C22H26N2O4S2/c1-4-28-11-10-24-19-12-16(2)17(3)13-20(19)29-22(24)23-21(25)15-30(26,27)14-18-8-6-5-7-9-18/h5-9,12-13H,4,10-11,14-15H2,1-3H3. The first kappa shape index (κ1) is 22.4. The third-order valence-corrected chi connectivity index (χ3v) is 7.26. The molecule has 30 heavy (non-hydrogen) atoms. The summed E-state index contributed by atoms with van der Waals surface area (Å²) in [5.41, 5.74) is 3.93. The number of aryl methyl sites for hydroxylation is 2. The minimum atomic E-state index is -3.60. The quantitative estimate of drug-likeness (QED) is 0.497. The largest absolute Gasteiger partial charge is 0.380 e. The lowest BCUT2D eigenvalue weighted by Crippen LogP contribution is -2.23. The van der Waals surface area contributed by atoms with Crippen LogP contribution in [0.1, 0.15) is 23.6 Å². The minimum absolute atomic E-state index is 0.176. The maximum atomic E-state index is 12.5. The molecule has 0 spiro atoms. The molecule has 0 unspecified atom stereocenters. The molecule has 3 aromatic rings. The number of rotatable bonds is 8. The Morgan fingerprint density at radius 3 is 2.53 bits per heavy atom. The molecule has 3 rings (SSSR count). The predicted molar refractivity (Wildman–Crippen MR) is 120 cm³/mol. The Bertz CT molecular complexity index is 1210. The predicted octanol–water partition coefficient (Wildman–Crippen LogP) is 3.40. The average molecular weight is 447 g/mol. The van der Waals surface area contributed by atoms with E-state index in [4.69, 9.17) is 4.74 Å². The van der Waals surface area contributed by atoms with Crippen molar-refractivity contribution in [3.63, 3.8) is 0 Å². The number of hydrogen-bond donors (Lipinski definition) is 0. The van der Waals surface area contributed by atoms with Crippen LogP contribution < -0.4 is 4.80 Å². The van der Waals surface area contributed by atoms with Crippen molar-refractivity contribution in [1.82, 2.24) is 4.57 Å². The molecule has 0 fully saturated rings. The van der Waals surface area contributed by atoms with Crippen LogP contribution in [0.5, 0.6) is 0 Å². The van der Waals surface area contributed by atoms with Crippen LogP contribution in [0, 0.1) is 13.8 Å². The summed E-state index contributed by atoms with van der Waals surface area (Å²) < 4.78 is 33.3. The molecule has 0 aliphatic carbocycles. The van der Waals surface area contributed by atoms with Crippen LogP contribution in [-0.4, -0.2) is 37.9 Å². The van der Waals surface area contributed by atoms with E-state index in [0.717, 1.165) is 21.3 Å². The maximum Gasteiger partial charge on any atom is 0.263 e. The zero-order valence-corrected chi connectivity index (χ0v) is 19.1. The number of nitrogens with zero attached hydrogens (tertiary/aromatic N) is 2. The second kappa shape index (κ2) is 9.68. The zero-order chi connectivity index (χ0) is 21.7. The van der Waals surface area contributed by atoms with E-state index < -0.39 is 21.5 Å². The summed E-state index contributed by atoms with van der Waals surface area (Å²) in [4.78, 5) is 17.2. The van der Waals surface area contributed by atoms with Crippen LogP contribution in [0.25, 0.3) is 10.2 Å². The highest BCUT2D eigenvalue weighted by atomic mass is 32.2. The van der Waals surface area contributed by atoms with E-state index in [2.05, 4.69) is 17.1 Å². The van der Waals surface area contributed by atoms with Gasteiger partial charge in [0.1, 0.15) is 5.75 Å². The fraction of sp³-hybridized carbons (Fsp3) is 0.364. The smallest absolute Gasteiger partial charge is 0.263 e. The van der Waals surface area contributed by atoms with E-state index in [1.807, 2.05) is 31.4 Å². The monoisotopic (exact) mass is 446 g/mol. The lowest BCUT2D eigenvalue weighted by atomic mass is 10.1. The minimum Gasteiger partial charge on any atom is -0.380 e. The van der Waals surface area contributed by atoms with E-state index in [1.165, 1.54) is 11.3 Å². The third-order valence-electron chi connectivity index (χ3n) is 4.75. The SMILES string of the molecule is CCOCCn1c(=NC(=O)CS(=O)(=O)Cc2ccccc2)sc2cc(C)c(C)cc21. The van der Waals surface area contributed by atoms with Crippen molar-refractivity contribution in [3.05, 3.63) is 64.0 Å². The Morgan fingerprint density at radius 1 is 1.13 bits per heavy atom. The Kier molecular flexibility index (Phi) is 7.23. The lowest BCUT2D eigenvalue weighted by Gasteiger charge is -2.07. The van der Waals surface area contributed by atoms with Gasteiger partial charge in [-0.25, -0.2) is 8.42 Å². The number of carbonyl (C=O) groups is 1. The van der Waals surface area contributed by atoms with E-state index >= 15 is 0 Å². The number of ether oxygens (including phenoxy) is 1. The van der Waals surface area contributed by atoms with Gasteiger partial charge in [0.25, 0.3) is 5.91 Å². The molecule has 0 aliphatic rings. The van der Waals surface area contributed by atoms with Gasteiger partial charge in [0, 0.05) is 13.2 Å². The zero-order valence-electron chi connectivity index (χ0n) is 17.4. The summed E-state index contributed by atoms with van der Waals surface area (Å²) in [6.45, 7) is 7.64. The molecule has 160 valence electrons. The molecule has 0 saturated carbocycles. The van der Waals surface area contributed by atoms with Crippen LogP contribution >= 0.6 is 11.3 Å². The van der Waals surface area contributed by atoms with Gasteiger partial charge >= 0.3 is 0 Å². The number of fused-ring (bicyclic) bond motifs is 1. The van der Waals surface area contributed by atoms with E-state index in [0.29, 0.717) is 30.1 Å². The molecule has 0 atom stereocenters. The van der Waals surface area contributed by atoms with Gasteiger partial charge in [0.15, 0.2) is 14.6 Å². The summed E-state index contributed by atoms with van der Waals surface area (Å²) in [7, 11) is -3.60. The van der Waals surface area contributed by atoms with Crippen LogP contribution in [0.15, 0.2) is 47.5 Å². The normalized spacial score (nSPS) is 12.6. The molecule has 8 heteroatoms. The van der Waals surface area contributed by atoms with Crippen molar-refractivity contribution >= 4 is 37.3 Å². The molecular weight excluding hydrogens is 420 g/mol. The van der Waals surface area contributed by atoms with Crippen LogP contribution in [0.2, 0.25) is 0 Å². The van der Waals surface area contributed by atoms with Crippen LogP contribution in [0.3, 0.4) is 0 Å². The Labute approximate surface area is 180 Å². The lowest BCUT2D eigenvalue weighted by molar-refractivity contribution is -0.115. The van der Waals surface area contributed by atoms with E-state index in [-0.39, 0.29) is 5.75 Å². The number of carbonyl (C=O) groups excluding carboxylic acids is 1. The molecule has 0 aliphatic heterocycles. The van der Waals surface area contributed by atoms with Gasteiger partial charge in [-0.2, -0.15) is 4.99 Å². The van der Waals surface area contributed by atoms with Gasteiger partial charge in [-0.3, -0.25) is 4.79 Å². The number of hydrogen-bond acceptors (Lipinski definition) is 5. The fourth-order valence-electron chi connectivity index (χ4n) is 3.13. The van der Waals surface area contributed by atoms with Crippen molar-refractivity contribution in [2.24, 2.45) is 4.99 Å². The molecular formula is C22H26N2O4S2. The number of benzene rings is 2. The summed E-state index contributed by atoms with van der Waals surface area (Å²) in [6.07, 6.45) is 0. The summed E-state index contributed by atoms with van der Waals surface area (Å²) in [5, 5.41) is 0. The first-order valence-corrected chi connectivity index (χ1v) is 12.4. The topological polar surface area (TPSA) is 77.7 Å². The molecule has 1 heterocycles. The van der Waals surface area contributed by atoms with Crippen molar-refractivity contribution in [3.8, 4) is 0 Å². The third kappa shape index (κ3) is 5.65. The molecule has 6 nitrogen and oxygen atoms in total. The van der Waals surface area contributed by atoms with Gasteiger partial charge < -0.3 is 9.30 Å². The summed E-state index contributed by atoms with van der Waals surface area (Å²) in [6, 6.07) is 13.0. The van der Waals surface area contributed by atoms with Crippen molar-refractivity contribution in [2.75, 3.05) is 19.0 Å². The fourth-order valence-corrected chi connectivity index (χ4v) is 5.53. The number of aromatic nitrogens is 1. The van der Waals surface area contributed by atoms with Gasteiger partial charge in [-0.15, -0.1) is 0 Å². The average Bonchev–Trinajstić information content (AvgIpc) is 2.98. The highest BCUT2D eigenvalue weighted by Gasteiger charge is 2.18. The molecule has 0 bridgehead atoms. The second-order valence-electron chi connectivity index (χ2n) is 7.16. The van der Waals surface area contributed by atoms with Gasteiger partial charge in [0.2, 0.25) is 0 Å². The molecule has 0 N–H and O–H groups in total. The summed E-state index contributed by atoms with van der Waals surface area (Å²) >= 11 is 1.39. The van der Waals surface area contributed by atoms with Crippen LogP contribution in [0.4, 0.5) is 0 Å². The van der Waals surface area contributed by atoms with Crippen LogP contribution in [-0.2, 0) is 31.7 Å². The van der Waals surface area contributed by atoms with Gasteiger partial charge in [-0.1, -0.05) is 41.7 Å². The Hall–Kier alpha value is -2.29. The van der Waals surface area contributed by atoms with Crippen molar-refractivity contribution in [2.45, 2.75) is 33.1 Å². The molecule has 1 amide bonds. The maximum absolute atomic E-state index is 12.5. The van der Waals surface area contributed by atoms with Crippen molar-refractivity contribution < 1.29 is 17.9 Å². The molecule has 0 radical (unpaired) electrons. The Balaban J connectivity index is 1.91. The highest BCUT2D eigenvalue weighted by molar-refractivity contribution is 7.91. The first-order valence-electron chi connectivity index (χ1n) is 9.79. The molecule has 2 aromatic carbocycles. The number of sulfone groups is 1. The second-order valence-corrected chi connectivity index (χ2v) is 10.2. The first-order chi connectivity index (χ1) is 14.3. The highest BCUT2D eigenvalue weighted by Crippen LogP contribution is 2.22. The number of thiazole rings is 1. The number of amides is 1.